The van der Waals surface area contributed by atoms with Crippen molar-refractivity contribution >= 4 is 0 Å². The van der Waals surface area contributed by atoms with Crippen molar-refractivity contribution in [1.82, 2.24) is 9.80 Å². The summed E-state index contributed by atoms with van der Waals surface area (Å²) in [6, 6.07) is 0.904. The molecule has 0 amide bonds. The van der Waals surface area contributed by atoms with Gasteiger partial charge in [-0.25, -0.2) is 0 Å². The molecule has 0 spiro atoms. The molecule has 0 aromatic rings. The summed E-state index contributed by atoms with van der Waals surface area (Å²) in [5, 5.41) is 0. The van der Waals surface area contributed by atoms with Gasteiger partial charge in [0.2, 0.25) is 0 Å². The van der Waals surface area contributed by atoms with Gasteiger partial charge in [0.15, 0.2) is 0 Å². The average Bonchev–Trinajstić information content (AvgIpc) is 2.25. The molecule has 2 aliphatic rings. The van der Waals surface area contributed by atoms with Crippen molar-refractivity contribution in [1.29, 1.82) is 0 Å². The molecule has 0 aliphatic carbocycles. The van der Waals surface area contributed by atoms with Crippen molar-refractivity contribution in [2.24, 2.45) is 5.92 Å². The van der Waals surface area contributed by atoms with Gasteiger partial charge in [0, 0.05) is 12.6 Å². The number of piperidine rings is 1. The molecular weight excluding hydrogens is 160 g/mol. The standard InChI is InChI=1S/C11H22N2/c1-10-5-6-11-4-3-7-12(2)9-13(11)8-10/h10-11H,3-9H2,1-2H3/t10-,11?/m0/s1. The number of nitrogens with zero attached hydrogens (tertiary/aromatic N) is 2. The maximum atomic E-state index is 2.70. The molecule has 2 heteroatoms. The summed E-state index contributed by atoms with van der Waals surface area (Å²) in [6.45, 7) is 6.21. The largest absolute Gasteiger partial charge is 0.294 e. The maximum absolute atomic E-state index is 2.70. The van der Waals surface area contributed by atoms with Crippen LogP contribution in [0.2, 0.25) is 0 Å². The maximum Gasteiger partial charge on any atom is 0.0506 e. The molecule has 2 nitrogen and oxygen atoms in total. The first-order valence-corrected chi connectivity index (χ1v) is 5.68. The topological polar surface area (TPSA) is 6.48 Å². The van der Waals surface area contributed by atoms with Gasteiger partial charge in [-0.2, -0.15) is 0 Å². The summed E-state index contributed by atoms with van der Waals surface area (Å²) < 4.78 is 0. The second-order valence-electron chi connectivity index (χ2n) is 4.97. The quantitative estimate of drug-likeness (QED) is 0.563. The van der Waals surface area contributed by atoms with Gasteiger partial charge in [-0.05, 0) is 45.2 Å². The molecule has 0 saturated carbocycles. The highest BCUT2D eigenvalue weighted by Gasteiger charge is 2.28. The fourth-order valence-corrected chi connectivity index (χ4v) is 2.78. The van der Waals surface area contributed by atoms with Crippen LogP contribution in [0.25, 0.3) is 0 Å². The smallest absolute Gasteiger partial charge is 0.0506 e. The molecule has 2 heterocycles. The zero-order valence-electron chi connectivity index (χ0n) is 9.00. The summed E-state index contributed by atoms with van der Waals surface area (Å²) in [7, 11) is 2.25. The van der Waals surface area contributed by atoms with E-state index in [-0.39, 0.29) is 0 Å². The first-order valence-electron chi connectivity index (χ1n) is 5.68. The number of rotatable bonds is 0. The van der Waals surface area contributed by atoms with E-state index >= 15 is 0 Å². The lowest BCUT2D eigenvalue weighted by Gasteiger charge is -2.38. The summed E-state index contributed by atoms with van der Waals surface area (Å²) >= 11 is 0. The Kier molecular flexibility index (Phi) is 2.89. The highest BCUT2D eigenvalue weighted by molar-refractivity contribution is 4.81. The van der Waals surface area contributed by atoms with E-state index in [9.17, 15) is 0 Å². The lowest BCUT2D eigenvalue weighted by Crippen LogP contribution is -2.45. The molecular formula is C11H22N2. The van der Waals surface area contributed by atoms with Gasteiger partial charge in [0.25, 0.3) is 0 Å². The van der Waals surface area contributed by atoms with Crippen molar-refractivity contribution in [3.63, 3.8) is 0 Å². The van der Waals surface area contributed by atoms with Crippen molar-refractivity contribution in [3.05, 3.63) is 0 Å². The Morgan fingerprint density at radius 3 is 2.85 bits per heavy atom. The minimum atomic E-state index is 0.904. The zero-order valence-corrected chi connectivity index (χ0v) is 9.00. The van der Waals surface area contributed by atoms with Crippen molar-refractivity contribution in [2.75, 3.05) is 26.8 Å². The summed E-state index contributed by atoms with van der Waals surface area (Å²) in [5.74, 6) is 0.919. The minimum Gasteiger partial charge on any atom is -0.294 e. The van der Waals surface area contributed by atoms with E-state index < -0.39 is 0 Å². The zero-order chi connectivity index (χ0) is 9.26. The molecule has 2 atom stereocenters. The Hall–Kier alpha value is -0.0800. The van der Waals surface area contributed by atoms with Crippen molar-refractivity contribution in [2.45, 2.75) is 38.6 Å². The van der Waals surface area contributed by atoms with E-state index in [1.807, 2.05) is 0 Å². The normalized spacial score (nSPS) is 38.3. The number of fused-ring (bicyclic) bond motifs is 1. The Morgan fingerprint density at radius 1 is 1.15 bits per heavy atom. The van der Waals surface area contributed by atoms with Crippen LogP contribution in [0.5, 0.6) is 0 Å². The van der Waals surface area contributed by atoms with Crippen LogP contribution >= 0.6 is 0 Å². The first kappa shape index (κ1) is 9.47. The van der Waals surface area contributed by atoms with E-state index in [0.29, 0.717) is 0 Å². The van der Waals surface area contributed by atoms with E-state index in [4.69, 9.17) is 0 Å². The van der Waals surface area contributed by atoms with E-state index in [2.05, 4.69) is 23.8 Å². The summed E-state index contributed by atoms with van der Waals surface area (Å²) in [4.78, 5) is 5.17. The van der Waals surface area contributed by atoms with Crippen molar-refractivity contribution < 1.29 is 0 Å². The third-order valence-corrected chi connectivity index (χ3v) is 3.56. The third kappa shape index (κ3) is 2.23. The number of hydrogen-bond acceptors (Lipinski definition) is 2. The van der Waals surface area contributed by atoms with Crippen LogP contribution in [0, 0.1) is 5.92 Å². The molecule has 0 bridgehead atoms. The van der Waals surface area contributed by atoms with Crippen LogP contribution in [0.15, 0.2) is 0 Å². The summed E-state index contributed by atoms with van der Waals surface area (Å²) in [6.07, 6.45) is 5.71. The fraction of sp³-hybridized carbons (Fsp3) is 1.00. The first-order chi connectivity index (χ1) is 6.25. The van der Waals surface area contributed by atoms with E-state index in [1.165, 1.54) is 45.4 Å². The Balaban J connectivity index is 1.98. The van der Waals surface area contributed by atoms with Gasteiger partial charge in [0.1, 0.15) is 0 Å². The Labute approximate surface area is 81.9 Å². The van der Waals surface area contributed by atoms with Gasteiger partial charge in [0.05, 0.1) is 6.67 Å². The van der Waals surface area contributed by atoms with E-state index in [1.54, 1.807) is 0 Å². The molecule has 2 rings (SSSR count). The van der Waals surface area contributed by atoms with Gasteiger partial charge in [-0.15, -0.1) is 0 Å². The van der Waals surface area contributed by atoms with Gasteiger partial charge >= 0.3 is 0 Å². The van der Waals surface area contributed by atoms with Gasteiger partial charge < -0.3 is 0 Å². The van der Waals surface area contributed by atoms with Gasteiger partial charge in [-0.1, -0.05) is 6.92 Å². The van der Waals surface area contributed by atoms with Crippen LogP contribution in [0.1, 0.15) is 32.6 Å². The van der Waals surface area contributed by atoms with Crippen LogP contribution in [-0.2, 0) is 0 Å². The van der Waals surface area contributed by atoms with Crippen LogP contribution in [0.4, 0.5) is 0 Å². The predicted octanol–water partition coefficient (Wildman–Crippen LogP) is 1.77. The highest BCUT2D eigenvalue weighted by Crippen LogP contribution is 2.26. The van der Waals surface area contributed by atoms with Crippen molar-refractivity contribution in [3.8, 4) is 0 Å². The fourth-order valence-electron chi connectivity index (χ4n) is 2.78. The van der Waals surface area contributed by atoms with E-state index in [0.717, 1.165) is 12.0 Å². The molecule has 76 valence electrons. The molecule has 1 unspecified atom stereocenters. The lowest BCUT2D eigenvalue weighted by atomic mass is 9.92. The number of hydrogen-bond donors (Lipinski definition) is 0. The van der Waals surface area contributed by atoms with Crippen LogP contribution in [-0.4, -0.2) is 42.6 Å². The van der Waals surface area contributed by atoms with Crippen LogP contribution < -0.4 is 0 Å². The molecule has 0 N–H and O–H groups in total. The predicted molar refractivity (Wildman–Crippen MR) is 55.6 cm³/mol. The lowest BCUT2D eigenvalue weighted by molar-refractivity contribution is 0.0759. The summed E-state index contributed by atoms with van der Waals surface area (Å²) in [5.41, 5.74) is 0. The monoisotopic (exact) mass is 182 g/mol. The SMILES string of the molecule is C[C@H]1CCC2CCCN(C)CN2C1. The minimum absolute atomic E-state index is 0.904. The average molecular weight is 182 g/mol. The third-order valence-electron chi connectivity index (χ3n) is 3.56. The molecule has 0 radical (unpaired) electrons. The molecule has 0 aromatic heterocycles. The Morgan fingerprint density at radius 2 is 2.00 bits per heavy atom. The second-order valence-corrected chi connectivity index (χ2v) is 4.97. The molecule has 2 fully saturated rings. The Bertz CT molecular complexity index is 167. The molecule has 2 aliphatic heterocycles. The molecule has 0 aromatic carbocycles. The molecule has 13 heavy (non-hydrogen) atoms. The van der Waals surface area contributed by atoms with Crippen LogP contribution in [0.3, 0.4) is 0 Å². The second kappa shape index (κ2) is 3.97. The highest BCUT2D eigenvalue weighted by atomic mass is 15.3. The molecule has 2 saturated heterocycles. The van der Waals surface area contributed by atoms with Gasteiger partial charge in [-0.3, -0.25) is 9.80 Å².